The van der Waals surface area contributed by atoms with Gasteiger partial charge in [0.25, 0.3) is 0 Å². The summed E-state index contributed by atoms with van der Waals surface area (Å²) >= 11 is 0. The fourth-order valence-electron chi connectivity index (χ4n) is 3.85. The molecule has 0 unspecified atom stereocenters. The van der Waals surface area contributed by atoms with Gasteiger partial charge in [0, 0.05) is 5.92 Å². The van der Waals surface area contributed by atoms with Crippen molar-refractivity contribution < 1.29 is 28.9 Å². The number of hydrogen-bond acceptors (Lipinski definition) is 5. The van der Waals surface area contributed by atoms with Crippen LogP contribution in [0.2, 0.25) is 0 Å². The predicted octanol–water partition coefficient (Wildman–Crippen LogP) is 1.60. The highest BCUT2D eigenvalue weighted by Crippen LogP contribution is 2.51. The van der Waals surface area contributed by atoms with Gasteiger partial charge in [-0.15, -0.1) is 0 Å². The summed E-state index contributed by atoms with van der Waals surface area (Å²) in [6, 6.07) is -1.23. The van der Waals surface area contributed by atoms with Crippen molar-refractivity contribution in [3.8, 4) is 0 Å². The van der Waals surface area contributed by atoms with Gasteiger partial charge in [-0.1, -0.05) is 0 Å². The molecule has 3 rings (SSSR count). The molecule has 1 aliphatic carbocycles. The monoisotopic (exact) mass is 313 g/mol. The molecule has 2 bridgehead atoms. The molecule has 0 aromatic rings. The van der Waals surface area contributed by atoms with E-state index in [0.717, 1.165) is 0 Å². The molecule has 7 nitrogen and oxygen atoms in total. The zero-order chi connectivity index (χ0) is 16.4. The minimum Gasteiger partial charge on any atom is -0.480 e. The number of nitrogens with zero attached hydrogens (tertiary/aromatic N) is 1. The largest absolute Gasteiger partial charge is 0.480 e. The van der Waals surface area contributed by atoms with Crippen molar-refractivity contribution in [2.45, 2.75) is 76.7 Å². The van der Waals surface area contributed by atoms with Gasteiger partial charge in [-0.25, -0.2) is 9.59 Å². The molecule has 2 saturated heterocycles. The van der Waals surface area contributed by atoms with E-state index in [1.807, 2.05) is 0 Å². The maximum Gasteiger partial charge on any atom is 0.411 e. The van der Waals surface area contributed by atoms with Crippen LogP contribution in [0.5, 0.6) is 0 Å². The Hall–Kier alpha value is -1.34. The molecule has 0 radical (unpaired) electrons. The van der Waals surface area contributed by atoms with Crippen LogP contribution in [0.4, 0.5) is 4.79 Å². The van der Waals surface area contributed by atoms with Gasteiger partial charge >= 0.3 is 12.1 Å². The molecule has 124 valence electrons. The van der Waals surface area contributed by atoms with Crippen LogP contribution in [-0.2, 0) is 19.0 Å². The molecular weight excluding hydrogens is 290 g/mol. The number of piperidine rings is 1. The molecular formula is C15H23NO6. The summed E-state index contributed by atoms with van der Waals surface area (Å²) < 4.78 is 17.1. The van der Waals surface area contributed by atoms with E-state index in [1.54, 1.807) is 34.6 Å². The Balaban J connectivity index is 1.87. The molecule has 0 aromatic heterocycles. The third-order valence-electron chi connectivity index (χ3n) is 4.40. The molecule has 0 spiro atoms. The molecule has 2 heterocycles. The van der Waals surface area contributed by atoms with Crippen LogP contribution < -0.4 is 0 Å². The van der Waals surface area contributed by atoms with E-state index in [2.05, 4.69) is 0 Å². The predicted molar refractivity (Wildman–Crippen MR) is 75.2 cm³/mol. The smallest absolute Gasteiger partial charge is 0.411 e. The number of aliphatic carboxylic acids is 1. The Morgan fingerprint density at radius 1 is 1.23 bits per heavy atom. The van der Waals surface area contributed by atoms with E-state index in [4.69, 9.17) is 14.2 Å². The van der Waals surface area contributed by atoms with Gasteiger partial charge in [-0.3, -0.25) is 4.90 Å². The van der Waals surface area contributed by atoms with Crippen molar-refractivity contribution in [2.75, 3.05) is 0 Å². The number of amides is 1. The number of hydrogen-bond donors (Lipinski definition) is 1. The van der Waals surface area contributed by atoms with Crippen LogP contribution in [0.25, 0.3) is 0 Å². The Morgan fingerprint density at radius 3 is 2.36 bits per heavy atom. The SMILES string of the molecule is CC(C)(C)OC(=O)N1[C@H]2C[C@@H]([C@@H]3OC(C)(C)O[C@@H]32)[C@@H]1C(=O)O. The Bertz CT molecular complexity index is 511. The third-order valence-corrected chi connectivity index (χ3v) is 4.40. The van der Waals surface area contributed by atoms with E-state index in [9.17, 15) is 14.7 Å². The number of carbonyl (C=O) groups excluding carboxylic acids is 1. The van der Waals surface area contributed by atoms with Crippen molar-refractivity contribution in [1.82, 2.24) is 4.90 Å². The molecule has 1 amide bonds. The second kappa shape index (κ2) is 4.58. The van der Waals surface area contributed by atoms with E-state index >= 15 is 0 Å². The average molecular weight is 313 g/mol. The van der Waals surface area contributed by atoms with E-state index in [1.165, 1.54) is 4.90 Å². The first-order chi connectivity index (χ1) is 10.0. The third kappa shape index (κ3) is 2.36. The lowest BCUT2D eigenvalue weighted by molar-refractivity contribution is -0.157. The number of carboxylic acid groups (broad SMARTS) is 1. The first kappa shape index (κ1) is 15.6. The molecule has 22 heavy (non-hydrogen) atoms. The zero-order valence-electron chi connectivity index (χ0n) is 13.5. The number of ether oxygens (including phenoxy) is 3. The van der Waals surface area contributed by atoms with Crippen LogP contribution >= 0.6 is 0 Å². The van der Waals surface area contributed by atoms with Crippen LogP contribution in [0.3, 0.4) is 0 Å². The maximum atomic E-state index is 12.5. The van der Waals surface area contributed by atoms with Gasteiger partial charge in [-0.2, -0.15) is 0 Å². The van der Waals surface area contributed by atoms with Gasteiger partial charge in [0.15, 0.2) is 5.79 Å². The first-order valence-electron chi connectivity index (χ1n) is 7.60. The fourth-order valence-corrected chi connectivity index (χ4v) is 3.85. The molecule has 5 atom stereocenters. The van der Waals surface area contributed by atoms with Crippen LogP contribution in [0.15, 0.2) is 0 Å². The molecule has 3 fully saturated rings. The van der Waals surface area contributed by atoms with Crippen LogP contribution in [-0.4, -0.2) is 57.7 Å². The topological polar surface area (TPSA) is 85.3 Å². The summed E-state index contributed by atoms with van der Waals surface area (Å²) in [5.41, 5.74) is -0.673. The van der Waals surface area contributed by atoms with Crippen LogP contribution in [0, 0.1) is 5.92 Å². The van der Waals surface area contributed by atoms with Crippen molar-refractivity contribution >= 4 is 12.1 Å². The molecule has 3 aliphatic rings. The average Bonchev–Trinajstić information content (AvgIpc) is 2.91. The summed E-state index contributed by atoms with van der Waals surface area (Å²) in [5.74, 6) is -2.04. The molecule has 1 saturated carbocycles. The summed E-state index contributed by atoms with van der Waals surface area (Å²) in [4.78, 5) is 25.5. The minimum atomic E-state index is -1.02. The lowest BCUT2D eigenvalue weighted by atomic mass is 9.95. The van der Waals surface area contributed by atoms with E-state index in [0.29, 0.717) is 6.42 Å². The number of likely N-dealkylation sites (tertiary alicyclic amines) is 1. The quantitative estimate of drug-likeness (QED) is 0.791. The second-order valence-corrected chi connectivity index (χ2v) is 7.70. The Kier molecular flexibility index (Phi) is 3.24. The second-order valence-electron chi connectivity index (χ2n) is 7.70. The highest BCUT2D eigenvalue weighted by atomic mass is 16.8. The highest BCUT2D eigenvalue weighted by molar-refractivity contribution is 5.82. The molecule has 2 aliphatic heterocycles. The maximum absolute atomic E-state index is 12.5. The first-order valence-corrected chi connectivity index (χ1v) is 7.60. The van der Waals surface area contributed by atoms with Crippen LogP contribution in [0.1, 0.15) is 41.0 Å². The van der Waals surface area contributed by atoms with Crippen molar-refractivity contribution in [3.05, 3.63) is 0 Å². The Morgan fingerprint density at radius 2 is 1.82 bits per heavy atom. The summed E-state index contributed by atoms with van der Waals surface area (Å²) in [6.07, 6.45) is -0.594. The number of carboxylic acids is 1. The van der Waals surface area contributed by atoms with Gasteiger partial charge in [0.1, 0.15) is 17.7 Å². The summed E-state index contributed by atoms with van der Waals surface area (Å²) in [6.45, 7) is 8.89. The van der Waals surface area contributed by atoms with Gasteiger partial charge in [0.2, 0.25) is 0 Å². The Labute approximate surface area is 129 Å². The van der Waals surface area contributed by atoms with E-state index in [-0.39, 0.29) is 24.2 Å². The zero-order valence-corrected chi connectivity index (χ0v) is 13.5. The molecule has 7 heteroatoms. The van der Waals surface area contributed by atoms with Crippen molar-refractivity contribution in [2.24, 2.45) is 5.92 Å². The standard InChI is InChI=1S/C15H23NO6/c1-14(2,3)22-13(19)16-8-6-7(9(16)12(17)18)10-11(8)21-15(4,5)20-10/h7-11H,6H2,1-5H3,(H,17,18)/t7-,8+,9-,10+,11-/m1/s1. The van der Waals surface area contributed by atoms with Gasteiger partial charge in [-0.05, 0) is 41.0 Å². The van der Waals surface area contributed by atoms with Crippen molar-refractivity contribution in [3.63, 3.8) is 0 Å². The van der Waals surface area contributed by atoms with Gasteiger partial charge in [0.05, 0.1) is 12.1 Å². The normalized spacial score (nSPS) is 39.0. The number of carbonyl (C=O) groups is 2. The molecule has 1 N–H and O–H groups in total. The van der Waals surface area contributed by atoms with E-state index < -0.39 is 29.5 Å². The van der Waals surface area contributed by atoms with Crippen molar-refractivity contribution in [1.29, 1.82) is 0 Å². The highest BCUT2D eigenvalue weighted by Gasteiger charge is 2.66. The molecule has 0 aromatic carbocycles. The lowest BCUT2D eigenvalue weighted by Crippen LogP contribution is -2.58. The minimum absolute atomic E-state index is 0.262. The number of rotatable bonds is 1. The fraction of sp³-hybridized carbons (Fsp3) is 0.867. The lowest BCUT2D eigenvalue weighted by Gasteiger charge is -2.38. The summed E-state index contributed by atoms with van der Waals surface area (Å²) in [5, 5.41) is 9.56. The summed E-state index contributed by atoms with van der Waals surface area (Å²) in [7, 11) is 0. The number of fused-ring (bicyclic) bond motifs is 5. The van der Waals surface area contributed by atoms with Gasteiger partial charge < -0.3 is 19.3 Å².